The maximum absolute atomic E-state index is 13.0. The zero-order chi connectivity index (χ0) is 22.7. The van der Waals surface area contributed by atoms with Gasteiger partial charge >= 0.3 is 6.18 Å². The van der Waals surface area contributed by atoms with Crippen LogP contribution in [0, 0.1) is 0 Å². The van der Waals surface area contributed by atoms with E-state index in [0.717, 1.165) is 22.9 Å². The normalized spacial score (nSPS) is 12.6. The minimum Gasteiger partial charge on any atom is -0.271 e. The van der Waals surface area contributed by atoms with Gasteiger partial charge in [0.05, 0.1) is 28.2 Å². The first-order valence-corrected chi connectivity index (χ1v) is 11.2. The van der Waals surface area contributed by atoms with Crippen molar-refractivity contribution in [2.24, 2.45) is 5.10 Å². The number of sulfonamides is 1. The van der Waals surface area contributed by atoms with Crippen LogP contribution in [0.15, 0.2) is 52.0 Å². The van der Waals surface area contributed by atoms with Crippen LogP contribution < -0.4 is 9.73 Å². The Morgan fingerprint density at radius 1 is 1.23 bits per heavy atom. The number of amides is 1. The molecule has 0 heterocycles. The maximum Gasteiger partial charge on any atom is 0.416 e. The van der Waals surface area contributed by atoms with Crippen LogP contribution in [0.2, 0.25) is 5.02 Å². The van der Waals surface area contributed by atoms with E-state index in [2.05, 4.69) is 26.5 Å². The van der Waals surface area contributed by atoms with Gasteiger partial charge in [0.15, 0.2) is 0 Å². The summed E-state index contributed by atoms with van der Waals surface area (Å²) in [5, 5.41) is 3.65. The molecule has 0 aliphatic heterocycles. The minimum absolute atomic E-state index is 0.255. The van der Waals surface area contributed by atoms with Crippen LogP contribution in [0.3, 0.4) is 0 Å². The summed E-state index contributed by atoms with van der Waals surface area (Å²) in [6.07, 6.45) is -3.96. The molecule has 30 heavy (non-hydrogen) atoms. The minimum atomic E-state index is -4.71. The van der Waals surface area contributed by atoms with Gasteiger partial charge in [-0.05, 0) is 42.8 Å². The Hall–Kier alpha value is -2.11. The summed E-state index contributed by atoms with van der Waals surface area (Å²) in [6, 6.07) is 9.30. The van der Waals surface area contributed by atoms with Crippen molar-refractivity contribution in [2.45, 2.75) is 13.1 Å². The molecule has 1 N–H and O–H groups in total. The topological polar surface area (TPSA) is 78.8 Å². The molecule has 0 unspecified atom stereocenters. The zero-order valence-electron chi connectivity index (χ0n) is 15.7. The van der Waals surface area contributed by atoms with E-state index in [1.807, 2.05) is 0 Å². The van der Waals surface area contributed by atoms with Gasteiger partial charge in [0.25, 0.3) is 5.91 Å². The van der Waals surface area contributed by atoms with Crippen molar-refractivity contribution in [3.63, 3.8) is 0 Å². The first-order valence-electron chi connectivity index (χ1n) is 8.22. The predicted octanol–water partition coefficient (Wildman–Crippen LogP) is 4.43. The van der Waals surface area contributed by atoms with Gasteiger partial charge in [0, 0.05) is 4.47 Å². The van der Waals surface area contributed by atoms with E-state index in [1.165, 1.54) is 0 Å². The highest BCUT2D eigenvalue weighted by Gasteiger charge is 2.33. The number of hydrogen-bond acceptors (Lipinski definition) is 4. The molecule has 12 heteroatoms. The fraction of sp³-hybridized carbons (Fsp3) is 0.222. The molecule has 0 fully saturated rings. The Morgan fingerprint density at radius 2 is 1.90 bits per heavy atom. The third-order valence-corrected chi connectivity index (χ3v) is 5.76. The highest BCUT2D eigenvalue weighted by atomic mass is 79.9. The van der Waals surface area contributed by atoms with Gasteiger partial charge in [0.2, 0.25) is 10.0 Å². The molecule has 0 aliphatic rings. The van der Waals surface area contributed by atoms with Crippen LogP contribution in [-0.4, -0.2) is 32.8 Å². The van der Waals surface area contributed by atoms with Crippen LogP contribution in [0.25, 0.3) is 0 Å². The lowest BCUT2D eigenvalue weighted by atomic mass is 10.1. The average Bonchev–Trinajstić information content (AvgIpc) is 2.63. The van der Waals surface area contributed by atoms with Crippen LogP contribution in [0.1, 0.15) is 18.1 Å². The Morgan fingerprint density at radius 3 is 2.47 bits per heavy atom. The van der Waals surface area contributed by atoms with E-state index in [0.29, 0.717) is 21.6 Å². The van der Waals surface area contributed by atoms with Crippen LogP contribution >= 0.6 is 27.5 Å². The molecule has 0 saturated carbocycles. The number of anilines is 1. The van der Waals surface area contributed by atoms with Crippen LogP contribution in [-0.2, 0) is 21.0 Å². The Bertz CT molecular complexity index is 1090. The van der Waals surface area contributed by atoms with E-state index >= 15 is 0 Å². The molecule has 1 amide bonds. The number of rotatable bonds is 6. The lowest BCUT2D eigenvalue weighted by Gasteiger charge is -2.23. The van der Waals surface area contributed by atoms with Crippen molar-refractivity contribution in [1.29, 1.82) is 0 Å². The molecular formula is C18H16BrClF3N3O3S. The molecule has 0 aliphatic carbocycles. The maximum atomic E-state index is 13.0. The van der Waals surface area contributed by atoms with Crippen molar-refractivity contribution >= 4 is 54.9 Å². The lowest BCUT2D eigenvalue weighted by Crippen LogP contribution is -2.39. The van der Waals surface area contributed by atoms with Gasteiger partial charge < -0.3 is 0 Å². The summed E-state index contributed by atoms with van der Waals surface area (Å²) in [7, 11) is -4.13. The van der Waals surface area contributed by atoms with E-state index in [1.54, 1.807) is 31.2 Å². The molecule has 0 radical (unpaired) electrons. The quantitative estimate of drug-likeness (QED) is 0.447. The molecule has 2 rings (SSSR count). The number of benzene rings is 2. The van der Waals surface area contributed by atoms with Crippen molar-refractivity contribution in [1.82, 2.24) is 5.43 Å². The highest BCUT2D eigenvalue weighted by Crippen LogP contribution is 2.36. The first-order chi connectivity index (χ1) is 13.8. The van der Waals surface area contributed by atoms with E-state index < -0.39 is 39.9 Å². The largest absolute Gasteiger partial charge is 0.416 e. The number of hydrazone groups is 1. The summed E-state index contributed by atoms with van der Waals surface area (Å²) in [6.45, 7) is 0.815. The van der Waals surface area contributed by atoms with E-state index in [9.17, 15) is 26.4 Å². The number of carbonyl (C=O) groups is 1. The first kappa shape index (κ1) is 24.2. The predicted molar refractivity (Wildman–Crippen MR) is 113 cm³/mol. The van der Waals surface area contributed by atoms with Crippen molar-refractivity contribution in [3.8, 4) is 0 Å². The molecule has 0 atom stereocenters. The Labute approximate surface area is 184 Å². The summed E-state index contributed by atoms with van der Waals surface area (Å²) < 4.78 is 64.6. The van der Waals surface area contributed by atoms with Gasteiger partial charge in [-0.2, -0.15) is 18.3 Å². The second-order valence-electron chi connectivity index (χ2n) is 6.18. The molecular weight excluding hydrogens is 511 g/mol. The van der Waals surface area contributed by atoms with Gasteiger partial charge in [-0.3, -0.25) is 9.10 Å². The molecule has 0 aromatic heterocycles. The van der Waals surface area contributed by atoms with Crippen molar-refractivity contribution in [2.75, 3.05) is 17.1 Å². The zero-order valence-corrected chi connectivity index (χ0v) is 18.8. The second kappa shape index (κ2) is 9.36. The van der Waals surface area contributed by atoms with Crippen molar-refractivity contribution < 1.29 is 26.4 Å². The Kier molecular flexibility index (Phi) is 7.54. The van der Waals surface area contributed by atoms with E-state index in [-0.39, 0.29) is 5.02 Å². The van der Waals surface area contributed by atoms with Gasteiger partial charge in [0.1, 0.15) is 6.54 Å². The fourth-order valence-electron chi connectivity index (χ4n) is 2.35. The second-order valence-corrected chi connectivity index (χ2v) is 9.41. The number of carbonyl (C=O) groups excluding carboxylic acids is 1. The number of hydrogen-bond donors (Lipinski definition) is 1. The van der Waals surface area contributed by atoms with Gasteiger partial charge in [-0.15, -0.1) is 0 Å². The van der Waals surface area contributed by atoms with Crippen LogP contribution in [0.4, 0.5) is 18.9 Å². The van der Waals surface area contributed by atoms with Gasteiger partial charge in [-0.1, -0.05) is 39.7 Å². The molecule has 0 spiro atoms. The fourth-order valence-corrected chi connectivity index (χ4v) is 3.88. The lowest BCUT2D eigenvalue weighted by molar-refractivity contribution is -0.137. The summed E-state index contributed by atoms with van der Waals surface area (Å²) >= 11 is 9.22. The molecule has 0 bridgehead atoms. The van der Waals surface area contributed by atoms with Gasteiger partial charge in [-0.25, -0.2) is 13.8 Å². The number of nitrogens with one attached hydrogen (secondary N) is 1. The molecule has 0 saturated heterocycles. The van der Waals surface area contributed by atoms with E-state index in [4.69, 9.17) is 11.6 Å². The smallest absolute Gasteiger partial charge is 0.271 e. The number of halogens is 5. The van der Waals surface area contributed by atoms with Crippen LogP contribution in [0.5, 0.6) is 0 Å². The third kappa shape index (κ3) is 6.44. The SMILES string of the molecule is C/C(=N\NC(=O)CN(c1cc(C(F)(F)F)ccc1Cl)S(C)(=O)=O)c1cccc(Br)c1. The molecule has 2 aromatic carbocycles. The Balaban J connectivity index is 2.28. The molecule has 162 valence electrons. The highest BCUT2D eigenvalue weighted by molar-refractivity contribution is 9.10. The molecule has 6 nitrogen and oxygen atoms in total. The monoisotopic (exact) mass is 525 g/mol. The standard InChI is InChI=1S/C18H16BrClF3N3O3S/c1-11(12-4-3-5-14(19)8-12)24-25-17(27)10-26(30(2,28)29)16-9-13(18(21,22)23)6-7-15(16)20/h3-9H,10H2,1-2H3,(H,25,27)/b24-11+. The number of nitrogens with zero attached hydrogens (tertiary/aromatic N) is 2. The summed E-state index contributed by atoms with van der Waals surface area (Å²) in [5.74, 6) is -0.858. The average molecular weight is 527 g/mol. The number of alkyl halides is 3. The molecule has 2 aromatic rings. The van der Waals surface area contributed by atoms with Crippen molar-refractivity contribution in [3.05, 3.63) is 63.1 Å². The summed E-state index contributed by atoms with van der Waals surface area (Å²) in [5.41, 5.74) is 1.78. The third-order valence-electron chi connectivity index (χ3n) is 3.82. The summed E-state index contributed by atoms with van der Waals surface area (Å²) in [4.78, 5) is 12.3.